The molecule has 178 valence electrons. The molecule has 0 saturated carbocycles. The third-order valence-corrected chi connectivity index (χ3v) is 5.04. The van der Waals surface area contributed by atoms with E-state index < -0.39 is 23.8 Å². The van der Waals surface area contributed by atoms with E-state index in [4.69, 9.17) is 0 Å². The average molecular weight is 460 g/mol. The molecule has 10 nitrogen and oxygen atoms in total. The lowest BCUT2D eigenvalue weighted by atomic mass is 10.0. The van der Waals surface area contributed by atoms with Gasteiger partial charge in [-0.1, -0.05) is 6.07 Å². The van der Waals surface area contributed by atoms with E-state index in [9.17, 15) is 18.8 Å². The van der Waals surface area contributed by atoms with E-state index in [1.807, 2.05) is 13.8 Å². The van der Waals surface area contributed by atoms with E-state index in [1.54, 1.807) is 25.8 Å². The molecule has 1 heterocycles. The van der Waals surface area contributed by atoms with E-state index in [-0.39, 0.29) is 29.1 Å². The molecule has 2 rings (SSSR count). The number of benzene rings is 1. The van der Waals surface area contributed by atoms with Crippen LogP contribution in [0.1, 0.15) is 60.0 Å². The maximum atomic E-state index is 14.7. The Hall–Kier alpha value is -3.76. The molecule has 1 aromatic heterocycles. The molecule has 0 aliphatic rings. The summed E-state index contributed by atoms with van der Waals surface area (Å²) in [7, 11) is 1.65. The van der Waals surface area contributed by atoms with Crippen LogP contribution < -0.4 is 16.1 Å². The first-order valence-electron chi connectivity index (χ1n) is 10.7. The number of amides is 4. The van der Waals surface area contributed by atoms with Crippen LogP contribution in [0.2, 0.25) is 0 Å². The van der Waals surface area contributed by atoms with Crippen LogP contribution in [0.4, 0.5) is 15.1 Å². The molecule has 0 spiro atoms. The zero-order chi connectivity index (χ0) is 24.5. The van der Waals surface area contributed by atoms with Crippen molar-refractivity contribution in [1.29, 1.82) is 0 Å². The van der Waals surface area contributed by atoms with Crippen molar-refractivity contribution in [1.82, 2.24) is 30.6 Å². The minimum absolute atomic E-state index is 0.166. The summed E-state index contributed by atoms with van der Waals surface area (Å²) < 4.78 is 14.7. The van der Waals surface area contributed by atoms with Crippen molar-refractivity contribution in [3.8, 4) is 0 Å². The van der Waals surface area contributed by atoms with Crippen molar-refractivity contribution < 1.29 is 18.8 Å². The number of nitrogens with one attached hydrogen (secondary N) is 3. The Morgan fingerprint density at radius 2 is 1.67 bits per heavy atom. The number of hydrazine groups is 1. The second-order valence-electron chi connectivity index (χ2n) is 7.12. The maximum absolute atomic E-state index is 14.7. The van der Waals surface area contributed by atoms with E-state index in [2.05, 4.69) is 26.0 Å². The molecule has 0 fully saturated rings. The Labute approximate surface area is 192 Å². The van der Waals surface area contributed by atoms with Gasteiger partial charge in [-0.2, -0.15) is 0 Å². The number of nitrogens with zero attached hydrogens (tertiary/aromatic N) is 4. The number of hydrogen-bond donors (Lipinski definition) is 3. The summed E-state index contributed by atoms with van der Waals surface area (Å²) in [4.78, 5) is 47.0. The van der Waals surface area contributed by atoms with Gasteiger partial charge in [0.1, 0.15) is 5.82 Å². The third-order valence-electron chi connectivity index (χ3n) is 5.04. The average Bonchev–Trinajstić information content (AvgIpc) is 2.82. The van der Waals surface area contributed by atoms with Crippen LogP contribution in [-0.4, -0.2) is 64.4 Å². The molecule has 3 N–H and O–H groups in total. The summed E-state index contributed by atoms with van der Waals surface area (Å²) in [6, 6.07) is 2.86. The Kier molecular flexibility index (Phi) is 9.08. The maximum Gasteiger partial charge on any atom is 0.336 e. The smallest absolute Gasteiger partial charge is 0.336 e. The van der Waals surface area contributed by atoms with Crippen LogP contribution >= 0.6 is 0 Å². The van der Waals surface area contributed by atoms with Crippen LogP contribution in [0, 0.1) is 5.82 Å². The van der Waals surface area contributed by atoms with Gasteiger partial charge in [0.15, 0.2) is 0 Å². The molecular formula is C22H30FN7O3. The first kappa shape index (κ1) is 25.5. The van der Waals surface area contributed by atoms with Gasteiger partial charge in [-0.05, 0) is 39.8 Å². The fourth-order valence-corrected chi connectivity index (χ4v) is 3.08. The quantitative estimate of drug-likeness (QED) is 0.522. The molecule has 0 aliphatic heterocycles. The summed E-state index contributed by atoms with van der Waals surface area (Å²) in [5, 5.41) is 6.47. The Morgan fingerprint density at radius 3 is 2.18 bits per heavy atom. The minimum atomic E-state index is -0.709. The summed E-state index contributed by atoms with van der Waals surface area (Å²) in [5.41, 5.74) is 3.12. The highest BCUT2D eigenvalue weighted by atomic mass is 19.1. The van der Waals surface area contributed by atoms with E-state index in [0.29, 0.717) is 19.0 Å². The largest absolute Gasteiger partial charge is 0.357 e. The number of halogens is 1. The van der Waals surface area contributed by atoms with Gasteiger partial charge >= 0.3 is 6.03 Å². The van der Waals surface area contributed by atoms with Crippen LogP contribution in [0.15, 0.2) is 30.6 Å². The summed E-state index contributed by atoms with van der Waals surface area (Å²) in [6.45, 7) is 8.21. The highest BCUT2D eigenvalue weighted by Gasteiger charge is 2.21. The topological polar surface area (TPSA) is 120 Å². The van der Waals surface area contributed by atoms with Gasteiger partial charge in [-0.3, -0.25) is 15.0 Å². The predicted molar refractivity (Wildman–Crippen MR) is 122 cm³/mol. The van der Waals surface area contributed by atoms with Crippen molar-refractivity contribution in [2.45, 2.75) is 33.7 Å². The van der Waals surface area contributed by atoms with E-state index >= 15 is 0 Å². The Balaban J connectivity index is 2.06. The molecule has 33 heavy (non-hydrogen) atoms. The standard InChI is InChI=1S/C22H30FN7O3/c1-6-29(7-2)20(32)15-9-10-17(18(23)11-15)14(4)27-22(33)30(8-3)28-19(31)16-12-25-21(24-5)26-13-16/h9-14H,6-8H2,1-5H3,(H,27,33)(H,28,31)(H,24,25,26)/t14-/m1/s1. The lowest BCUT2D eigenvalue weighted by Gasteiger charge is -2.25. The van der Waals surface area contributed by atoms with Gasteiger partial charge in [0.25, 0.3) is 11.8 Å². The molecule has 2 aromatic rings. The molecule has 0 aliphatic carbocycles. The first-order chi connectivity index (χ1) is 15.7. The number of anilines is 1. The number of hydrogen-bond acceptors (Lipinski definition) is 6. The van der Waals surface area contributed by atoms with Crippen molar-refractivity contribution in [3.05, 3.63) is 53.1 Å². The zero-order valence-electron chi connectivity index (χ0n) is 19.5. The highest BCUT2D eigenvalue weighted by Crippen LogP contribution is 2.19. The monoisotopic (exact) mass is 459 g/mol. The zero-order valence-corrected chi connectivity index (χ0v) is 19.5. The Bertz CT molecular complexity index is 980. The van der Waals surface area contributed by atoms with E-state index in [0.717, 1.165) is 5.01 Å². The second-order valence-corrected chi connectivity index (χ2v) is 7.12. The van der Waals surface area contributed by atoms with Crippen molar-refractivity contribution in [2.75, 3.05) is 32.0 Å². The van der Waals surface area contributed by atoms with Crippen LogP contribution in [0.5, 0.6) is 0 Å². The molecule has 4 amide bonds. The second kappa shape index (κ2) is 11.7. The van der Waals surface area contributed by atoms with Gasteiger partial charge in [0.2, 0.25) is 5.95 Å². The third kappa shape index (κ3) is 6.37. The summed E-state index contributed by atoms with van der Waals surface area (Å²) in [6.07, 6.45) is 2.66. The van der Waals surface area contributed by atoms with Crippen LogP contribution in [0.25, 0.3) is 0 Å². The van der Waals surface area contributed by atoms with Crippen LogP contribution in [0.3, 0.4) is 0 Å². The molecule has 0 bridgehead atoms. The van der Waals surface area contributed by atoms with Crippen molar-refractivity contribution >= 4 is 23.8 Å². The number of carbonyl (C=O) groups is 3. The number of aromatic nitrogens is 2. The molecule has 0 saturated heterocycles. The highest BCUT2D eigenvalue weighted by molar-refractivity contribution is 5.95. The predicted octanol–water partition coefficient (Wildman–Crippen LogP) is 2.58. The van der Waals surface area contributed by atoms with Gasteiger partial charge in [0.05, 0.1) is 11.6 Å². The summed E-state index contributed by atoms with van der Waals surface area (Å²) in [5.74, 6) is -1.06. The van der Waals surface area contributed by atoms with Gasteiger partial charge < -0.3 is 15.5 Å². The molecule has 0 radical (unpaired) electrons. The van der Waals surface area contributed by atoms with Gasteiger partial charge in [-0.25, -0.2) is 24.2 Å². The van der Waals surface area contributed by atoms with Crippen molar-refractivity contribution in [3.63, 3.8) is 0 Å². The van der Waals surface area contributed by atoms with Gasteiger partial charge in [-0.15, -0.1) is 0 Å². The van der Waals surface area contributed by atoms with Gasteiger partial charge in [0, 0.05) is 50.2 Å². The molecule has 11 heteroatoms. The van der Waals surface area contributed by atoms with Crippen molar-refractivity contribution in [2.24, 2.45) is 0 Å². The minimum Gasteiger partial charge on any atom is -0.357 e. The Morgan fingerprint density at radius 1 is 1.03 bits per heavy atom. The molecular weight excluding hydrogens is 429 g/mol. The first-order valence-corrected chi connectivity index (χ1v) is 10.7. The fraction of sp³-hybridized carbons (Fsp3) is 0.409. The lowest BCUT2D eigenvalue weighted by Crippen LogP contribution is -2.51. The van der Waals surface area contributed by atoms with Crippen LogP contribution in [-0.2, 0) is 0 Å². The molecule has 0 unspecified atom stereocenters. The summed E-state index contributed by atoms with van der Waals surface area (Å²) >= 11 is 0. The molecule has 1 atom stereocenters. The number of carbonyl (C=O) groups excluding carboxylic acids is 3. The normalized spacial score (nSPS) is 11.3. The lowest BCUT2D eigenvalue weighted by molar-refractivity contribution is 0.0772. The number of urea groups is 1. The SMILES string of the molecule is CCN(CC)C(=O)c1ccc([C@@H](C)NC(=O)N(CC)NC(=O)c2cnc(NC)nc2)c(F)c1. The fourth-order valence-electron chi connectivity index (χ4n) is 3.08. The molecule has 1 aromatic carbocycles. The van der Waals surface area contributed by atoms with E-state index in [1.165, 1.54) is 30.6 Å². The number of rotatable bonds is 8.